The summed E-state index contributed by atoms with van der Waals surface area (Å²) in [5, 5.41) is 2.90. The molecule has 0 unspecified atom stereocenters. The number of anilines is 1. The maximum Gasteiger partial charge on any atom is 0.260 e. The number of nitrogens with zero attached hydrogens (tertiary/aromatic N) is 2. The number of rotatable bonds is 7. The summed E-state index contributed by atoms with van der Waals surface area (Å²) in [6.45, 7) is 4.44. The van der Waals surface area contributed by atoms with Gasteiger partial charge in [0.25, 0.3) is 11.8 Å². The molecule has 2 heterocycles. The standard InChI is InChI=1S/C24H27N3O3/c1-16(2)25-21(28)14-4-3-9-15-26-22-17-10-5-6-11-18(17)24(30)27(22)20-13-8-7-12-19(20)23(26)29/h5-8,10-13,16,22H,3-4,9,14-15H2,1-2H3,(H,25,28)/t22-/m1/s1. The molecule has 4 rings (SSSR count). The number of carbonyl (C=O) groups is 3. The minimum atomic E-state index is -0.402. The largest absolute Gasteiger partial charge is 0.354 e. The number of unbranched alkanes of at least 4 members (excludes halogenated alkanes) is 2. The topological polar surface area (TPSA) is 69.7 Å². The monoisotopic (exact) mass is 405 g/mol. The number of amides is 3. The van der Waals surface area contributed by atoms with Crippen molar-refractivity contribution in [2.24, 2.45) is 0 Å². The molecule has 1 atom stereocenters. The predicted molar refractivity (Wildman–Crippen MR) is 115 cm³/mol. The third-order valence-corrected chi connectivity index (χ3v) is 5.64. The van der Waals surface area contributed by atoms with Crippen molar-refractivity contribution < 1.29 is 14.4 Å². The number of para-hydroxylation sites is 1. The van der Waals surface area contributed by atoms with E-state index in [4.69, 9.17) is 0 Å². The molecular weight excluding hydrogens is 378 g/mol. The SMILES string of the molecule is CC(C)NC(=O)CCCCCN1C(=O)c2ccccc2N2C(=O)c3ccccc3[C@H]12. The molecule has 0 bridgehead atoms. The van der Waals surface area contributed by atoms with Crippen LogP contribution in [0.2, 0.25) is 0 Å². The third kappa shape index (κ3) is 3.58. The molecule has 2 aliphatic rings. The molecular formula is C24H27N3O3. The molecule has 0 fully saturated rings. The molecule has 0 saturated heterocycles. The highest BCUT2D eigenvalue weighted by Crippen LogP contribution is 2.45. The van der Waals surface area contributed by atoms with E-state index < -0.39 is 6.17 Å². The highest BCUT2D eigenvalue weighted by molar-refractivity contribution is 6.16. The van der Waals surface area contributed by atoms with E-state index in [0.717, 1.165) is 24.8 Å². The average Bonchev–Trinajstić information content (AvgIpc) is 3.02. The van der Waals surface area contributed by atoms with Crippen LogP contribution in [0.25, 0.3) is 0 Å². The molecule has 0 radical (unpaired) electrons. The lowest BCUT2D eigenvalue weighted by Crippen LogP contribution is -2.48. The van der Waals surface area contributed by atoms with Gasteiger partial charge in [-0.1, -0.05) is 36.8 Å². The van der Waals surface area contributed by atoms with E-state index in [9.17, 15) is 14.4 Å². The zero-order chi connectivity index (χ0) is 21.3. The summed E-state index contributed by atoms with van der Waals surface area (Å²) in [5.41, 5.74) is 2.77. The Hall–Kier alpha value is -3.15. The van der Waals surface area contributed by atoms with Crippen molar-refractivity contribution in [2.75, 3.05) is 11.4 Å². The Balaban J connectivity index is 1.51. The first-order chi connectivity index (χ1) is 14.5. The van der Waals surface area contributed by atoms with Gasteiger partial charge in [-0.2, -0.15) is 0 Å². The maximum absolute atomic E-state index is 13.3. The summed E-state index contributed by atoms with van der Waals surface area (Å²) in [7, 11) is 0. The Morgan fingerprint density at radius 3 is 2.40 bits per heavy atom. The van der Waals surface area contributed by atoms with Crippen LogP contribution in [-0.4, -0.2) is 35.2 Å². The molecule has 30 heavy (non-hydrogen) atoms. The van der Waals surface area contributed by atoms with Gasteiger partial charge in [0.15, 0.2) is 0 Å². The van der Waals surface area contributed by atoms with Crippen LogP contribution in [0.1, 0.15) is 72.0 Å². The summed E-state index contributed by atoms with van der Waals surface area (Å²) in [6.07, 6.45) is 2.50. The third-order valence-electron chi connectivity index (χ3n) is 5.64. The van der Waals surface area contributed by atoms with Gasteiger partial charge in [0.05, 0.1) is 11.3 Å². The van der Waals surface area contributed by atoms with Gasteiger partial charge in [-0.3, -0.25) is 19.3 Å². The minimum Gasteiger partial charge on any atom is -0.354 e. The lowest BCUT2D eigenvalue weighted by molar-refractivity contribution is -0.121. The van der Waals surface area contributed by atoms with Crippen LogP contribution in [0.5, 0.6) is 0 Å². The van der Waals surface area contributed by atoms with Gasteiger partial charge in [0.2, 0.25) is 5.91 Å². The summed E-state index contributed by atoms with van der Waals surface area (Å²) in [5.74, 6) is -0.0470. The van der Waals surface area contributed by atoms with Crippen molar-refractivity contribution in [3.63, 3.8) is 0 Å². The highest BCUT2D eigenvalue weighted by Gasteiger charge is 2.47. The molecule has 0 spiro atoms. The fourth-order valence-corrected chi connectivity index (χ4v) is 4.34. The summed E-state index contributed by atoms with van der Waals surface area (Å²) < 4.78 is 0. The fraction of sp³-hybridized carbons (Fsp3) is 0.375. The van der Waals surface area contributed by atoms with Crippen LogP contribution in [0.4, 0.5) is 5.69 Å². The first kappa shape index (κ1) is 20.1. The first-order valence-electron chi connectivity index (χ1n) is 10.6. The van der Waals surface area contributed by atoms with Gasteiger partial charge in [0.1, 0.15) is 6.17 Å². The second kappa shape index (κ2) is 8.30. The molecule has 2 aliphatic heterocycles. The van der Waals surface area contributed by atoms with E-state index in [2.05, 4.69) is 5.32 Å². The zero-order valence-corrected chi connectivity index (χ0v) is 17.4. The number of carbonyl (C=O) groups excluding carboxylic acids is 3. The summed E-state index contributed by atoms with van der Waals surface area (Å²) in [6, 6.07) is 15.0. The van der Waals surface area contributed by atoms with E-state index in [-0.39, 0.29) is 23.8 Å². The Kier molecular flexibility index (Phi) is 5.57. The van der Waals surface area contributed by atoms with Crippen molar-refractivity contribution in [1.29, 1.82) is 0 Å². The summed E-state index contributed by atoms with van der Waals surface area (Å²) in [4.78, 5) is 41.8. The fourth-order valence-electron chi connectivity index (χ4n) is 4.34. The zero-order valence-electron chi connectivity index (χ0n) is 17.4. The molecule has 2 aromatic rings. The minimum absolute atomic E-state index is 0.0473. The van der Waals surface area contributed by atoms with Crippen molar-refractivity contribution in [3.8, 4) is 0 Å². The van der Waals surface area contributed by atoms with E-state index in [1.165, 1.54) is 0 Å². The van der Waals surface area contributed by atoms with Crippen LogP contribution < -0.4 is 10.2 Å². The molecule has 3 amide bonds. The van der Waals surface area contributed by atoms with Gasteiger partial charge in [-0.15, -0.1) is 0 Å². The second-order valence-corrected chi connectivity index (χ2v) is 8.18. The normalized spacial score (nSPS) is 17.1. The molecule has 0 aromatic heterocycles. The number of hydrogen-bond acceptors (Lipinski definition) is 3. The molecule has 156 valence electrons. The van der Waals surface area contributed by atoms with E-state index in [0.29, 0.717) is 29.8 Å². The number of fused-ring (bicyclic) bond motifs is 5. The Morgan fingerprint density at radius 2 is 1.63 bits per heavy atom. The van der Waals surface area contributed by atoms with Gasteiger partial charge < -0.3 is 10.2 Å². The van der Waals surface area contributed by atoms with Crippen LogP contribution >= 0.6 is 0 Å². The molecule has 6 nitrogen and oxygen atoms in total. The van der Waals surface area contributed by atoms with Crippen molar-refractivity contribution in [2.45, 2.75) is 51.7 Å². The lowest BCUT2D eigenvalue weighted by Gasteiger charge is -2.41. The van der Waals surface area contributed by atoms with Crippen LogP contribution in [0.15, 0.2) is 48.5 Å². The van der Waals surface area contributed by atoms with Gasteiger partial charge in [-0.25, -0.2) is 0 Å². The van der Waals surface area contributed by atoms with Crippen LogP contribution in [0.3, 0.4) is 0 Å². The van der Waals surface area contributed by atoms with E-state index in [1.54, 1.807) is 15.9 Å². The smallest absolute Gasteiger partial charge is 0.260 e. The maximum atomic E-state index is 13.3. The average molecular weight is 405 g/mol. The second-order valence-electron chi connectivity index (χ2n) is 8.18. The van der Waals surface area contributed by atoms with Crippen molar-refractivity contribution in [1.82, 2.24) is 10.2 Å². The van der Waals surface area contributed by atoms with Crippen molar-refractivity contribution >= 4 is 23.4 Å². The Labute approximate surface area is 176 Å². The molecule has 6 heteroatoms. The highest BCUT2D eigenvalue weighted by atomic mass is 16.2. The van der Waals surface area contributed by atoms with Crippen LogP contribution in [-0.2, 0) is 4.79 Å². The van der Waals surface area contributed by atoms with E-state index >= 15 is 0 Å². The van der Waals surface area contributed by atoms with Gasteiger partial charge in [0, 0.05) is 30.1 Å². The number of nitrogens with one attached hydrogen (secondary N) is 1. The van der Waals surface area contributed by atoms with Crippen molar-refractivity contribution in [3.05, 3.63) is 65.2 Å². The quantitative estimate of drug-likeness (QED) is 0.711. The number of benzene rings is 2. The van der Waals surface area contributed by atoms with Crippen LogP contribution in [0, 0.1) is 0 Å². The van der Waals surface area contributed by atoms with Gasteiger partial charge in [-0.05, 0) is 44.9 Å². The van der Waals surface area contributed by atoms with E-state index in [1.807, 2.05) is 56.3 Å². The predicted octanol–water partition coefficient (Wildman–Crippen LogP) is 3.89. The molecule has 0 saturated carbocycles. The molecule has 1 N–H and O–H groups in total. The summed E-state index contributed by atoms with van der Waals surface area (Å²) >= 11 is 0. The molecule has 2 aromatic carbocycles. The number of hydrogen-bond donors (Lipinski definition) is 1. The Bertz CT molecular complexity index is 985. The first-order valence-corrected chi connectivity index (χ1v) is 10.6. The Morgan fingerprint density at radius 1 is 0.933 bits per heavy atom. The lowest BCUT2D eigenvalue weighted by atomic mass is 10.0. The van der Waals surface area contributed by atoms with Gasteiger partial charge >= 0.3 is 0 Å². The molecule has 0 aliphatic carbocycles.